The summed E-state index contributed by atoms with van der Waals surface area (Å²) in [6.07, 6.45) is 2.74. The summed E-state index contributed by atoms with van der Waals surface area (Å²) in [5, 5.41) is 11.9. The third-order valence-electron chi connectivity index (χ3n) is 6.94. The minimum atomic E-state index is -0.338. The van der Waals surface area contributed by atoms with Crippen LogP contribution in [0.1, 0.15) is 41.0 Å². The fraction of sp³-hybridized carbons (Fsp3) is 0.323. The monoisotopic (exact) mass is 526 g/mol. The van der Waals surface area contributed by atoms with Gasteiger partial charge in [-0.1, -0.05) is 84.9 Å². The van der Waals surface area contributed by atoms with Gasteiger partial charge in [0.1, 0.15) is 0 Å². The van der Waals surface area contributed by atoms with Crippen molar-refractivity contribution in [2.45, 2.75) is 38.3 Å². The molecular weight excluding hydrogens is 488 g/mol. The number of carbonyl (C=O) groups excluding carboxylic acids is 2. The van der Waals surface area contributed by atoms with Crippen LogP contribution < -0.4 is 27.0 Å². The summed E-state index contributed by atoms with van der Waals surface area (Å²) in [4.78, 5) is 29.7. The number of nitrogens with one attached hydrogen (secondary N) is 4. The van der Waals surface area contributed by atoms with Gasteiger partial charge in [0.05, 0.1) is 12.5 Å². The van der Waals surface area contributed by atoms with E-state index < -0.39 is 0 Å². The van der Waals surface area contributed by atoms with Crippen molar-refractivity contribution < 1.29 is 9.59 Å². The Morgan fingerprint density at radius 2 is 1.54 bits per heavy atom. The number of guanidine groups is 1. The van der Waals surface area contributed by atoms with Gasteiger partial charge in [0, 0.05) is 13.1 Å². The normalized spacial score (nSPS) is 14.8. The lowest BCUT2D eigenvalue weighted by Gasteiger charge is -2.22. The summed E-state index contributed by atoms with van der Waals surface area (Å²) in [7, 11) is 0. The minimum Gasteiger partial charge on any atom is -0.370 e. The highest BCUT2D eigenvalue weighted by molar-refractivity contribution is 5.95. The van der Waals surface area contributed by atoms with E-state index >= 15 is 0 Å². The minimum absolute atomic E-state index is 0.0163. The predicted octanol–water partition coefficient (Wildman–Crippen LogP) is 3.44. The first-order valence-electron chi connectivity index (χ1n) is 13.6. The average molecular weight is 527 g/mol. The Morgan fingerprint density at radius 3 is 2.28 bits per heavy atom. The quantitative estimate of drug-likeness (QED) is 0.205. The van der Waals surface area contributed by atoms with Crippen molar-refractivity contribution in [2.75, 3.05) is 19.6 Å². The summed E-state index contributed by atoms with van der Waals surface area (Å²) in [5.74, 6) is 0.258. The van der Waals surface area contributed by atoms with Gasteiger partial charge in [0.25, 0.3) is 0 Å². The molecule has 8 nitrogen and oxygen atoms in total. The van der Waals surface area contributed by atoms with Crippen molar-refractivity contribution in [2.24, 2.45) is 16.6 Å². The van der Waals surface area contributed by atoms with Gasteiger partial charge in [-0.25, -0.2) is 9.79 Å². The Balaban J connectivity index is 1.28. The molecule has 1 heterocycles. The Hall–Kier alpha value is -4.17. The van der Waals surface area contributed by atoms with E-state index in [1.165, 1.54) is 0 Å². The van der Waals surface area contributed by atoms with E-state index in [1.54, 1.807) is 0 Å². The summed E-state index contributed by atoms with van der Waals surface area (Å²) >= 11 is 0. The molecule has 3 aromatic carbocycles. The molecule has 8 heteroatoms. The van der Waals surface area contributed by atoms with Gasteiger partial charge >= 0.3 is 6.03 Å². The fourth-order valence-electron chi connectivity index (χ4n) is 4.75. The number of hydrogen-bond donors (Lipinski definition) is 5. The molecule has 4 rings (SSSR count). The van der Waals surface area contributed by atoms with E-state index in [-0.39, 0.29) is 23.8 Å². The molecule has 0 bridgehead atoms. The largest absolute Gasteiger partial charge is 0.370 e. The molecular formula is C31H38N6O2. The Labute approximate surface area is 230 Å². The van der Waals surface area contributed by atoms with Crippen molar-refractivity contribution >= 4 is 17.9 Å². The molecule has 6 N–H and O–H groups in total. The van der Waals surface area contributed by atoms with Crippen LogP contribution in [0.3, 0.4) is 0 Å². The van der Waals surface area contributed by atoms with E-state index in [2.05, 4.69) is 26.3 Å². The second-order valence-corrected chi connectivity index (χ2v) is 9.92. The van der Waals surface area contributed by atoms with Gasteiger partial charge in [-0.3, -0.25) is 10.1 Å². The smallest absolute Gasteiger partial charge is 0.321 e. The highest BCUT2D eigenvalue weighted by Crippen LogP contribution is 2.21. The summed E-state index contributed by atoms with van der Waals surface area (Å²) in [6, 6.07) is 27.4. The number of nitrogens with two attached hydrogens (primary N) is 1. The topological polar surface area (TPSA) is 121 Å². The van der Waals surface area contributed by atoms with Crippen molar-refractivity contribution in [1.82, 2.24) is 21.3 Å². The molecule has 0 saturated carbocycles. The van der Waals surface area contributed by atoms with E-state index in [0.717, 1.165) is 48.2 Å². The molecule has 1 saturated heterocycles. The van der Waals surface area contributed by atoms with Gasteiger partial charge in [0.2, 0.25) is 5.91 Å². The third kappa shape index (κ3) is 9.26. The van der Waals surface area contributed by atoms with E-state index in [1.807, 2.05) is 84.9 Å². The van der Waals surface area contributed by atoms with Crippen LogP contribution in [0.25, 0.3) is 0 Å². The van der Waals surface area contributed by atoms with Gasteiger partial charge in [-0.15, -0.1) is 0 Å². The van der Waals surface area contributed by atoms with Crippen LogP contribution in [0.5, 0.6) is 0 Å². The Kier molecular flexibility index (Phi) is 10.5. The zero-order chi connectivity index (χ0) is 27.3. The highest BCUT2D eigenvalue weighted by Gasteiger charge is 2.21. The van der Waals surface area contributed by atoms with Crippen molar-refractivity contribution in [3.63, 3.8) is 0 Å². The van der Waals surface area contributed by atoms with E-state index in [9.17, 15) is 9.59 Å². The molecule has 204 valence electrons. The average Bonchev–Trinajstić information content (AvgIpc) is 2.98. The van der Waals surface area contributed by atoms with Crippen LogP contribution in [0.4, 0.5) is 4.79 Å². The number of rotatable bonds is 10. The number of urea groups is 1. The Morgan fingerprint density at radius 1 is 0.872 bits per heavy atom. The molecule has 39 heavy (non-hydrogen) atoms. The molecule has 1 fully saturated rings. The van der Waals surface area contributed by atoms with Crippen LogP contribution in [0, 0.1) is 5.92 Å². The number of aliphatic imine (C=N–C) groups is 1. The first-order valence-corrected chi connectivity index (χ1v) is 13.6. The maximum absolute atomic E-state index is 13.3. The van der Waals surface area contributed by atoms with Crippen molar-refractivity contribution in [3.05, 3.63) is 107 Å². The van der Waals surface area contributed by atoms with Crippen LogP contribution >= 0.6 is 0 Å². The second-order valence-electron chi connectivity index (χ2n) is 9.92. The van der Waals surface area contributed by atoms with E-state index in [4.69, 9.17) is 5.73 Å². The predicted molar refractivity (Wildman–Crippen MR) is 155 cm³/mol. The lowest BCUT2D eigenvalue weighted by Crippen LogP contribution is -2.45. The number of carbonyl (C=O) groups is 2. The summed E-state index contributed by atoms with van der Waals surface area (Å²) in [5.41, 5.74) is 9.94. The molecule has 1 unspecified atom stereocenters. The van der Waals surface area contributed by atoms with E-state index in [0.29, 0.717) is 32.0 Å². The van der Waals surface area contributed by atoms with Gasteiger partial charge in [-0.05, 0) is 60.5 Å². The summed E-state index contributed by atoms with van der Waals surface area (Å²) < 4.78 is 0. The standard InChI is InChI=1S/C31H38N6O2/c32-30(37-31(39)36-20-24-14-16-33-17-15-24)35-22-26-11-7-10-25(18-26)21-34-29(38)28(27-12-5-2-6-13-27)19-23-8-3-1-4-9-23/h1-13,18,24,28,33H,14-17,19-22H2,(H,34,38)(H4,32,35,36,37,39). The maximum Gasteiger partial charge on any atom is 0.321 e. The molecule has 0 spiro atoms. The molecule has 3 amide bonds. The van der Waals surface area contributed by atoms with Crippen LogP contribution in [0.15, 0.2) is 89.9 Å². The zero-order valence-electron chi connectivity index (χ0n) is 22.2. The second kappa shape index (κ2) is 14.7. The molecule has 1 atom stereocenters. The number of hydrogen-bond acceptors (Lipinski definition) is 4. The number of nitrogens with zero attached hydrogens (tertiary/aromatic N) is 1. The number of amides is 3. The number of benzene rings is 3. The molecule has 0 aliphatic carbocycles. The van der Waals surface area contributed by atoms with Crippen LogP contribution in [-0.4, -0.2) is 37.5 Å². The van der Waals surface area contributed by atoms with Gasteiger partial charge in [-0.2, -0.15) is 0 Å². The first-order chi connectivity index (χ1) is 19.1. The zero-order valence-corrected chi connectivity index (χ0v) is 22.2. The lowest BCUT2D eigenvalue weighted by atomic mass is 9.91. The molecule has 0 aromatic heterocycles. The molecule has 0 radical (unpaired) electrons. The van der Waals surface area contributed by atoms with Crippen LogP contribution in [-0.2, 0) is 24.3 Å². The highest BCUT2D eigenvalue weighted by atomic mass is 16.2. The van der Waals surface area contributed by atoms with Crippen molar-refractivity contribution in [3.8, 4) is 0 Å². The van der Waals surface area contributed by atoms with Crippen molar-refractivity contribution in [1.29, 1.82) is 0 Å². The van der Waals surface area contributed by atoms with Gasteiger partial charge < -0.3 is 21.7 Å². The Bertz CT molecular complexity index is 1230. The molecule has 1 aliphatic rings. The first kappa shape index (κ1) is 27.9. The molecule has 3 aromatic rings. The lowest BCUT2D eigenvalue weighted by molar-refractivity contribution is -0.122. The summed E-state index contributed by atoms with van der Waals surface area (Å²) in [6.45, 7) is 3.33. The third-order valence-corrected chi connectivity index (χ3v) is 6.94. The van der Waals surface area contributed by atoms with Gasteiger partial charge in [0.15, 0.2) is 5.96 Å². The fourth-order valence-corrected chi connectivity index (χ4v) is 4.75. The SMILES string of the molecule is NC(=NCc1cccc(CNC(=O)C(Cc2ccccc2)c2ccccc2)c1)NC(=O)NCC1CCNCC1. The van der Waals surface area contributed by atoms with Crippen LogP contribution in [0.2, 0.25) is 0 Å². The molecule has 1 aliphatic heterocycles. The maximum atomic E-state index is 13.3. The number of piperidine rings is 1.